The van der Waals surface area contributed by atoms with Gasteiger partial charge in [0.05, 0.1) is 23.8 Å². The lowest BCUT2D eigenvalue weighted by Crippen LogP contribution is -2.18. The Morgan fingerprint density at radius 3 is 2.83 bits per heavy atom. The zero-order valence-electron chi connectivity index (χ0n) is 11.6. The van der Waals surface area contributed by atoms with Crippen molar-refractivity contribution in [3.05, 3.63) is 18.5 Å². The first-order chi connectivity index (χ1) is 8.78. The molecular weight excluding hydrogens is 222 g/mol. The minimum absolute atomic E-state index is 0.619. The first-order valence-electron chi connectivity index (χ1n) is 7.23. The molecule has 0 spiro atoms. The number of hydrogen-bond acceptors (Lipinski definition) is 3. The minimum Gasteiger partial charge on any atom is -0.384 e. The lowest BCUT2D eigenvalue weighted by atomic mass is 10.0. The van der Waals surface area contributed by atoms with Crippen LogP contribution in [0.25, 0.3) is 0 Å². The monoisotopic (exact) mass is 247 g/mol. The first-order valence-corrected chi connectivity index (χ1v) is 7.23. The number of nitrogens with one attached hydrogen (secondary N) is 2. The van der Waals surface area contributed by atoms with Crippen LogP contribution in [0.4, 0.5) is 11.4 Å². The van der Waals surface area contributed by atoms with Gasteiger partial charge in [0.2, 0.25) is 0 Å². The molecule has 0 saturated heterocycles. The number of anilines is 2. The second-order valence-electron chi connectivity index (χ2n) is 5.45. The quantitative estimate of drug-likeness (QED) is 0.792. The van der Waals surface area contributed by atoms with Gasteiger partial charge >= 0.3 is 0 Å². The Labute approximate surface area is 110 Å². The Kier molecular flexibility index (Phi) is 4.85. The van der Waals surface area contributed by atoms with E-state index < -0.39 is 0 Å². The Hall–Kier alpha value is -1.25. The summed E-state index contributed by atoms with van der Waals surface area (Å²) in [6.45, 7) is 5.41. The minimum atomic E-state index is 0.619. The van der Waals surface area contributed by atoms with Crippen molar-refractivity contribution >= 4 is 11.4 Å². The maximum atomic E-state index is 4.28. The molecule has 1 saturated carbocycles. The predicted octanol–water partition coefficient (Wildman–Crippen LogP) is 3.89. The van der Waals surface area contributed by atoms with Gasteiger partial charge in [0.1, 0.15) is 0 Å². The zero-order valence-corrected chi connectivity index (χ0v) is 11.6. The third-order valence-electron chi connectivity index (χ3n) is 3.75. The lowest BCUT2D eigenvalue weighted by Gasteiger charge is -2.18. The smallest absolute Gasteiger partial charge is 0.0549 e. The molecule has 1 aromatic rings. The Morgan fingerprint density at radius 1 is 1.17 bits per heavy atom. The van der Waals surface area contributed by atoms with Crippen LogP contribution in [0.1, 0.15) is 46.0 Å². The third-order valence-corrected chi connectivity index (χ3v) is 3.75. The Morgan fingerprint density at radius 2 is 2.00 bits per heavy atom. The van der Waals surface area contributed by atoms with Crippen LogP contribution in [0.2, 0.25) is 0 Å². The molecule has 100 valence electrons. The van der Waals surface area contributed by atoms with E-state index in [4.69, 9.17) is 0 Å². The van der Waals surface area contributed by atoms with E-state index in [1.54, 1.807) is 0 Å². The zero-order chi connectivity index (χ0) is 12.8. The molecule has 0 aromatic carbocycles. The van der Waals surface area contributed by atoms with Crippen LogP contribution in [0.3, 0.4) is 0 Å². The summed E-state index contributed by atoms with van der Waals surface area (Å²) in [5.74, 6) is 0.892. The fourth-order valence-corrected chi connectivity index (χ4v) is 2.69. The number of aromatic nitrogens is 1. The first kappa shape index (κ1) is 13.2. The molecule has 0 aliphatic heterocycles. The number of rotatable bonds is 4. The van der Waals surface area contributed by atoms with Crippen LogP contribution >= 0.6 is 0 Å². The van der Waals surface area contributed by atoms with E-state index in [1.807, 2.05) is 12.4 Å². The molecule has 0 radical (unpaired) electrons. The molecule has 2 atom stereocenters. The maximum Gasteiger partial charge on any atom is 0.0549 e. The SMILES string of the molecule is CCNc1cncc(NC2CCCC(C)CC2)c1. The van der Waals surface area contributed by atoms with Crippen LogP contribution in [-0.4, -0.2) is 17.6 Å². The molecule has 2 N–H and O–H groups in total. The van der Waals surface area contributed by atoms with Gasteiger partial charge in [-0.25, -0.2) is 0 Å². The molecule has 2 rings (SSSR count). The van der Waals surface area contributed by atoms with Gasteiger partial charge in [0.15, 0.2) is 0 Å². The highest BCUT2D eigenvalue weighted by atomic mass is 14.9. The van der Waals surface area contributed by atoms with Crippen molar-refractivity contribution in [3.63, 3.8) is 0 Å². The van der Waals surface area contributed by atoms with E-state index in [2.05, 4.69) is 35.5 Å². The fraction of sp³-hybridized carbons (Fsp3) is 0.667. The van der Waals surface area contributed by atoms with E-state index in [0.717, 1.165) is 23.8 Å². The standard InChI is InChI=1S/C15H25N3/c1-3-17-14-9-15(11-16-10-14)18-13-6-4-5-12(2)7-8-13/h9-13,17-18H,3-8H2,1-2H3. The van der Waals surface area contributed by atoms with Crippen LogP contribution in [0.15, 0.2) is 18.5 Å². The Balaban J connectivity index is 1.93. The molecule has 1 aliphatic rings. The average Bonchev–Trinajstić information content (AvgIpc) is 2.56. The normalized spacial score (nSPS) is 24.3. The topological polar surface area (TPSA) is 37.0 Å². The van der Waals surface area contributed by atoms with Gasteiger partial charge in [-0.15, -0.1) is 0 Å². The Bertz CT molecular complexity index is 365. The van der Waals surface area contributed by atoms with Gasteiger partial charge in [-0.05, 0) is 38.2 Å². The number of nitrogens with zero attached hydrogens (tertiary/aromatic N) is 1. The molecule has 3 nitrogen and oxygen atoms in total. The number of pyridine rings is 1. The van der Waals surface area contributed by atoms with Crippen LogP contribution in [-0.2, 0) is 0 Å². The van der Waals surface area contributed by atoms with Crippen molar-refractivity contribution in [1.29, 1.82) is 0 Å². The van der Waals surface area contributed by atoms with Crippen molar-refractivity contribution in [2.45, 2.75) is 52.0 Å². The maximum absolute atomic E-state index is 4.28. The van der Waals surface area contributed by atoms with Gasteiger partial charge in [-0.3, -0.25) is 4.98 Å². The largest absolute Gasteiger partial charge is 0.384 e. The summed E-state index contributed by atoms with van der Waals surface area (Å²) in [6, 6.07) is 2.78. The van der Waals surface area contributed by atoms with Gasteiger partial charge in [-0.2, -0.15) is 0 Å². The van der Waals surface area contributed by atoms with Gasteiger partial charge in [-0.1, -0.05) is 19.8 Å². The molecule has 0 bridgehead atoms. The van der Waals surface area contributed by atoms with E-state index in [0.29, 0.717) is 6.04 Å². The van der Waals surface area contributed by atoms with E-state index >= 15 is 0 Å². The van der Waals surface area contributed by atoms with Crippen molar-refractivity contribution in [2.75, 3.05) is 17.2 Å². The summed E-state index contributed by atoms with van der Waals surface area (Å²) in [5, 5.41) is 6.94. The molecule has 2 unspecified atom stereocenters. The summed E-state index contributed by atoms with van der Waals surface area (Å²) in [4.78, 5) is 4.28. The lowest BCUT2D eigenvalue weighted by molar-refractivity contribution is 0.502. The van der Waals surface area contributed by atoms with Crippen molar-refractivity contribution < 1.29 is 0 Å². The van der Waals surface area contributed by atoms with E-state index in [9.17, 15) is 0 Å². The second-order valence-corrected chi connectivity index (χ2v) is 5.45. The highest BCUT2D eigenvalue weighted by molar-refractivity contribution is 5.54. The van der Waals surface area contributed by atoms with E-state index in [-0.39, 0.29) is 0 Å². The highest BCUT2D eigenvalue weighted by Crippen LogP contribution is 2.25. The fourth-order valence-electron chi connectivity index (χ4n) is 2.69. The second kappa shape index (κ2) is 6.62. The van der Waals surface area contributed by atoms with Gasteiger partial charge in [0, 0.05) is 12.6 Å². The van der Waals surface area contributed by atoms with Gasteiger partial charge in [0.25, 0.3) is 0 Å². The molecule has 18 heavy (non-hydrogen) atoms. The number of hydrogen-bond donors (Lipinski definition) is 2. The average molecular weight is 247 g/mol. The molecule has 1 fully saturated rings. The third kappa shape index (κ3) is 3.90. The highest BCUT2D eigenvalue weighted by Gasteiger charge is 2.15. The summed E-state index contributed by atoms with van der Waals surface area (Å²) in [6.07, 6.45) is 10.5. The molecule has 1 heterocycles. The van der Waals surface area contributed by atoms with Crippen LogP contribution in [0.5, 0.6) is 0 Å². The van der Waals surface area contributed by atoms with Crippen molar-refractivity contribution in [2.24, 2.45) is 5.92 Å². The summed E-state index contributed by atoms with van der Waals surface area (Å²) in [5.41, 5.74) is 2.25. The van der Waals surface area contributed by atoms with Gasteiger partial charge < -0.3 is 10.6 Å². The molecule has 3 heteroatoms. The molecular formula is C15H25N3. The van der Waals surface area contributed by atoms with Crippen molar-refractivity contribution in [1.82, 2.24) is 4.98 Å². The molecule has 0 amide bonds. The summed E-state index contributed by atoms with van der Waals surface area (Å²) in [7, 11) is 0. The van der Waals surface area contributed by atoms with Crippen LogP contribution < -0.4 is 10.6 Å². The summed E-state index contributed by atoms with van der Waals surface area (Å²) < 4.78 is 0. The van der Waals surface area contributed by atoms with E-state index in [1.165, 1.54) is 32.1 Å². The van der Waals surface area contributed by atoms with Crippen molar-refractivity contribution in [3.8, 4) is 0 Å². The molecule has 1 aromatic heterocycles. The summed E-state index contributed by atoms with van der Waals surface area (Å²) >= 11 is 0. The van der Waals surface area contributed by atoms with Crippen LogP contribution in [0, 0.1) is 5.92 Å². The predicted molar refractivity (Wildman–Crippen MR) is 78.1 cm³/mol. The molecule has 1 aliphatic carbocycles.